The van der Waals surface area contributed by atoms with Crippen LogP contribution in [-0.4, -0.2) is 23.5 Å². The molecule has 0 radical (unpaired) electrons. The van der Waals surface area contributed by atoms with Crippen LogP contribution in [0, 0.1) is 5.92 Å². The van der Waals surface area contributed by atoms with Gasteiger partial charge >= 0.3 is 0 Å². The Balaban J connectivity index is 2.18. The molecule has 2 nitrogen and oxygen atoms in total. The van der Waals surface area contributed by atoms with E-state index in [1.165, 1.54) is 0 Å². The van der Waals surface area contributed by atoms with Crippen molar-refractivity contribution in [1.82, 2.24) is 4.98 Å². The Kier molecular flexibility index (Phi) is 3.98. The van der Waals surface area contributed by atoms with E-state index >= 15 is 0 Å². The number of rotatable bonds is 1. The van der Waals surface area contributed by atoms with E-state index in [2.05, 4.69) is 32.7 Å². The van der Waals surface area contributed by atoms with Gasteiger partial charge in [-0.3, -0.25) is 0 Å². The normalized spacial score (nSPS) is 25.9. The van der Waals surface area contributed by atoms with E-state index < -0.39 is 0 Å². The summed E-state index contributed by atoms with van der Waals surface area (Å²) < 4.78 is 0.929. The zero-order valence-corrected chi connectivity index (χ0v) is 12.1. The summed E-state index contributed by atoms with van der Waals surface area (Å²) in [6, 6.07) is 1.87. The topological polar surface area (TPSA) is 16.1 Å². The van der Waals surface area contributed by atoms with E-state index in [1.54, 1.807) is 6.20 Å². The fourth-order valence-electron chi connectivity index (χ4n) is 1.85. The molecule has 0 amide bonds. The molecule has 0 aliphatic carbocycles. The molecular formula is C11H13BrCl2N2. The summed E-state index contributed by atoms with van der Waals surface area (Å²) in [6.07, 6.45) is 2.77. The third kappa shape index (κ3) is 2.63. The molecule has 0 N–H and O–H groups in total. The van der Waals surface area contributed by atoms with Crippen molar-refractivity contribution in [2.75, 3.05) is 18.0 Å². The molecule has 1 fully saturated rings. The minimum absolute atomic E-state index is 0.193. The maximum atomic E-state index is 6.28. The second kappa shape index (κ2) is 5.11. The summed E-state index contributed by atoms with van der Waals surface area (Å²) in [6.45, 7) is 4.03. The van der Waals surface area contributed by atoms with Crippen LogP contribution < -0.4 is 4.90 Å². The summed E-state index contributed by atoms with van der Waals surface area (Å²) in [5.74, 6) is 1.51. The fourth-order valence-corrected chi connectivity index (χ4v) is 3.04. The SMILES string of the molecule is CC1CCN(c2ncc(Cl)cc2Br)CC1Cl. The third-order valence-corrected chi connectivity index (χ3v) is 4.31. The zero-order valence-electron chi connectivity index (χ0n) is 8.96. The summed E-state index contributed by atoms with van der Waals surface area (Å²) in [7, 11) is 0. The smallest absolute Gasteiger partial charge is 0.143 e. The van der Waals surface area contributed by atoms with Crippen molar-refractivity contribution in [3.63, 3.8) is 0 Å². The minimum Gasteiger partial charge on any atom is -0.354 e. The highest BCUT2D eigenvalue weighted by Gasteiger charge is 2.26. The average Bonchev–Trinajstić information content (AvgIpc) is 2.22. The highest BCUT2D eigenvalue weighted by molar-refractivity contribution is 9.10. The maximum Gasteiger partial charge on any atom is 0.143 e. The van der Waals surface area contributed by atoms with E-state index in [1.807, 2.05) is 6.07 Å². The van der Waals surface area contributed by atoms with Crippen molar-refractivity contribution in [3.8, 4) is 0 Å². The first-order valence-electron chi connectivity index (χ1n) is 5.28. The van der Waals surface area contributed by atoms with Crippen molar-refractivity contribution in [1.29, 1.82) is 0 Å². The van der Waals surface area contributed by atoms with Crippen LogP contribution in [-0.2, 0) is 0 Å². The van der Waals surface area contributed by atoms with E-state index in [0.717, 1.165) is 29.8 Å². The largest absolute Gasteiger partial charge is 0.354 e. The van der Waals surface area contributed by atoms with Gasteiger partial charge in [-0.15, -0.1) is 11.6 Å². The Labute approximate surface area is 114 Å². The van der Waals surface area contributed by atoms with Crippen molar-refractivity contribution < 1.29 is 0 Å². The van der Waals surface area contributed by atoms with E-state index in [-0.39, 0.29) is 5.38 Å². The number of anilines is 1. The van der Waals surface area contributed by atoms with Gasteiger partial charge in [0.1, 0.15) is 5.82 Å². The fraction of sp³-hybridized carbons (Fsp3) is 0.545. The lowest BCUT2D eigenvalue weighted by atomic mass is 9.99. The van der Waals surface area contributed by atoms with Crippen molar-refractivity contribution in [2.24, 2.45) is 5.92 Å². The van der Waals surface area contributed by atoms with Gasteiger partial charge in [0.15, 0.2) is 0 Å². The van der Waals surface area contributed by atoms with Gasteiger partial charge in [-0.1, -0.05) is 18.5 Å². The molecule has 1 aromatic rings. The molecule has 5 heteroatoms. The van der Waals surface area contributed by atoms with Gasteiger partial charge in [-0.2, -0.15) is 0 Å². The van der Waals surface area contributed by atoms with Gasteiger partial charge in [0.25, 0.3) is 0 Å². The first-order chi connectivity index (χ1) is 7.58. The molecule has 2 rings (SSSR count). The molecular weight excluding hydrogens is 311 g/mol. The molecule has 0 aromatic carbocycles. The summed E-state index contributed by atoms with van der Waals surface area (Å²) in [5.41, 5.74) is 0. The average molecular weight is 324 g/mol. The van der Waals surface area contributed by atoms with Gasteiger partial charge in [-0.25, -0.2) is 4.98 Å². The maximum absolute atomic E-state index is 6.28. The summed E-state index contributed by atoms with van der Waals surface area (Å²) >= 11 is 15.6. The highest BCUT2D eigenvalue weighted by atomic mass is 79.9. The third-order valence-electron chi connectivity index (χ3n) is 2.95. The van der Waals surface area contributed by atoms with Gasteiger partial charge in [0.05, 0.1) is 14.9 Å². The molecule has 1 aromatic heterocycles. The van der Waals surface area contributed by atoms with Gasteiger partial charge in [-0.05, 0) is 34.3 Å². The molecule has 2 atom stereocenters. The second-order valence-corrected chi connectivity index (χ2v) is 6.04. The van der Waals surface area contributed by atoms with Crippen LogP contribution in [0.2, 0.25) is 5.02 Å². The molecule has 88 valence electrons. The number of halogens is 3. The van der Waals surface area contributed by atoms with Crippen LogP contribution >= 0.6 is 39.1 Å². The Morgan fingerprint density at radius 2 is 2.31 bits per heavy atom. The molecule has 1 aliphatic rings. The van der Waals surface area contributed by atoms with Crippen molar-refractivity contribution in [3.05, 3.63) is 21.8 Å². The Morgan fingerprint density at radius 3 is 2.94 bits per heavy atom. The summed E-state index contributed by atoms with van der Waals surface area (Å²) in [4.78, 5) is 6.56. The predicted octanol–water partition coefficient (Wildman–Crippen LogP) is 3.95. The lowest BCUT2D eigenvalue weighted by Crippen LogP contribution is -2.40. The number of alkyl halides is 1. The van der Waals surface area contributed by atoms with Gasteiger partial charge < -0.3 is 4.90 Å². The van der Waals surface area contributed by atoms with Crippen LogP contribution in [0.1, 0.15) is 13.3 Å². The van der Waals surface area contributed by atoms with Gasteiger partial charge in [0.2, 0.25) is 0 Å². The van der Waals surface area contributed by atoms with Crippen molar-refractivity contribution >= 4 is 44.9 Å². The molecule has 0 bridgehead atoms. The number of aromatic nitrogens is 1. The van der Waals surface area contributed by atoms with E-state index in [4.69, 9.17) is 23.2 Å². The Hall–Kier alpha value is 0.01000. The lowest BCUT2D eigenvalue weighted by Gasteiger charge is -2.35. The predicted molar refractivity (Wildman–Crippen MR) is 72.6 cm³/mol. The molecule has 2 heterocycles. The highest BCUT2D eigenvalue weighted by Crippen LogP contribution is 2.31. The monoisotopic (exact) mass is 322 g/mol. The van der Waals surface area contributed by atoms with Crippen LogP contribution in [0.3, 0.4) is 0 Å². The molecule has 0 saturated carbocycles. The number of pyridine rings is 1. The van der Waals surface area contributed by atoms with E-state index in [9.17, 15) is 0 Å². The number of hydrogen-bond acceptors (Lipinski definition) is 2. The van der Waals surface area contributed by atoms with Crippen LogP contribution in [0.15, 0.2) is 16.7 Å². The first kappa shape index (κ1) is 12.5. The number of hydrogen-bond donors (Lipinski definition) is 0. The van der Waals surface area contributed by atoms with Crippen LogP contribution in [0.5, 0.6) is 0 Å². The second-order valence-electron chi connectivity index (χ2n) is 4.19. The molecule has 16 heavy (non-hydrogen) atoms. The van der Waals surface area contributed by atoms with Crippen LogP contribution in [0.25, 0.3) is 0 Å². The molecule has 1 saturated heterocycles. The zero-order chi connectivity index (χ0) is 11.7. The lowest BCUT2D eigenvalue weighted by molar-refractivity contribution is 0.443. The Bertz CT molecular complexity index is 386. The molecule has 2 unspecified atom stereocenters. The van der Waals surface area contributed by atoms with Crippen LogP contribution in [0.4, 0.5) is 5.82 Å². The number of piperidine rings is 1. The molecule has 0 spiro atoms. The first-order valence-corrected chi connectivity index (χ1v) is 6.88. The van der Waals surface area contributed by atoms with Crippen molar-refractivity contribution in [2.45, 2.75) is 18.7 Å². The van der Waals surface area contributed by atoms with E-state index in [0.29, 0.717) is 10.9 Å². The minimum atomic E-state index is 0.193. The standard InChI is InChI=1S/C11H13BrCl2N2/c1-7-2-3-16(6-10(7)14)11-9(12)4-8(13)5-15-11/h4-5,7,10H,2-3,6H2,1H3. The quantitative estimate of drug-likeness (QED) is 0.727. The molecule has 1 aliphatic heterocycles. The summed E-state index contributed by atoms with van der Waals surface area (Å²) in [5, 5.41) is 0.835. The van der Waals surface area contributed by atoms with Gasteiger partial charge in [0, 0.05) is 19.3 Å². The Morgan fingerprint density at radius 1 is 1.56 bits per heavy atom. The number of nitrogens with zero attached hydrogens (tertiary/aromatic N) is 2.